The van der Waals surface area contributed by atoms with E-state index >= 15 is 0 Å². The van der Waals surface area contributed by atoms with E-state index in [0.29, 0.717) is 6.54 Å². The molecule has 2 amide bonds. The molecule has 1 saturated heterocycles. The summed E-state index contributed by atoms with van der Waals surface area (Å²) in [5.41, 5.74) is 1.32. The molecule has 0 saturated carbocycles. The van der Waals surface area contributed by atoms with Crippen molar-refractivity contribution in [2.75, 3.05) is 11.9 Å². The topological polar surface area (TPSA) is 49.4 Å². The van der Waals surface area contributed by atoms with E-state index in [9.17, 15) is 22.8 Å². The number of amides is 2. The maximum absolute atomic E-state index is 12.8. The molecule has 1 atom stereocenters. The van der Waals surface area contributed by atoms with Crippen molar-refractivity contribution in [1.29, 1.82) is 0 Å². The first-order valence-electron chi connectivity index (χ1n) is 8.54. The van der Waals surface area contributed by atoms with Crippen molar-refractivity contribution in [3.05, 3.63) is 65.2 Å². The first-order chi connectivity index (χ1) is 12.7. The summed E-state index contributed by atoms with van der Waals surface area (Å²) in [6, 6.07) is 12.2. The molecule has 1 heterocycles. The Bertz CT molecular complexity index is 847. The van der Waals surface area contributed by atoms with Crippen LogP contribution in [0, 0.1) is 12.8 Å². The van der Waals surface area contributed by atoms with Crippen LogP contribution in [0.1, 0.15) is 23.1 Å². The van der Waals surface area contributed by atoms with E-state index in [1.807, 2.05) is 31.2 Å². The van der Waals surface area contributed by atoms with Gasteiger partial charge in [-0.25, -0.2) is 0 Å². The molecule has 4 nitrogen and oxygen atoms in total. The van der Waals surface area contributed by atoms with Gasteiger partial charge in [-0.2, -0.15) is 13.2 Å². The highest BCUT2D eigenvalue weighted by Crippen LogP contribution is 2.31. The Hall–Kier alpha value is -2.83. The fourth-order valence-electron chi connectivity index (χ4n) is 3.03. The first kappa shape index (κ1) is 18.9. The first-order valence-corrected chi connectivity index (χ1v) is 8.54. The molecule has 1 aliphatic rings. The number of alkyl halides is 3. The van der Waals surface area contributed by atoms with Gasteiger partial charge in [0.1, 0.15) is 0 Å². The van der Waals surface area contributed by atoms with Crippen LogP contribution in [0.3, 0.4) is 0 Å². The van der Waals surface area contributed by atoms with Crippen molar-refractivity contribution in [1.82, 2.24) is 4.90 Å². The summed E-state index contributed by atoms with van der Waals surface area (Å²) >= 11 is 0. The van der Waals surface area contributed by atoms with Crippen LogP contribution in [-0.2, 0) is 22.3 Å². The number of nitrogens with zero attached hydrogens (tertiary/aromatic N) is 1. The van der Waals surface area contributed by atoms with Gasteiger partial charge in [-0.15, -0.1) is 0 Å². The van der Waals surface area contributed by atoms with Crippen molar-refractivity contribution in [2.45, 2.75) is 26.1 Å². The molecule has 27 heavy (non-hydrogen) atoms. The number of hydrogen-bond donors (Lipinski definition) is 1. The Kier molecular flexibility index (Phi) is 5.21. The average molecular weight is 376 g/mol. The van der Waals surface area contributed by atoms with Crippen molar-refractivity contribution in [3.63, 3.8) is 0 Å². The largest absolute Gasteiger partial charge is 0.416 e. The Morgan fingerprint density at radius 2 is 1.89 bits per heavy atom. The Labute approximate surface area is 155 Å². The van der Waals surface area contributed by atoms with Crippen molar-refractivity contribution in [2.24, 2.45) is 5.92 Å². The number of rotatable bonds is 4. The van der Waals surface area contributed by atoms with Crippen LogP contribution in [0.15, 0.2) is 48.5 Å². The summed E-state index contributed by atoms with van der Waals surface area (Å²) in [6.45, 7) is 2.63. The quantitative estimate of drug-likeness (QED) is 0.877. The molecule has 7 heteroatoms. The minimum atomic E-state index is -4.48. The van der Waals surface area contributed by atoms with Crippen LogP contribution in [0.4, 0.5) is 18.9 Å². The molecular weight excluding hydrogens is 357 g/mol. The standard InChI is InChI=1S/C20H19F3N2O2/c1-13-5-7-14(8-6-13)11-25-12-15(9-18(25)26)19(27)24-17-4-2-3-16(10-17)20(21,22)23/h2-8,10,15H,9,11-12H2,1H3,(H,24,27)/t15-/m0/s1. The second-order valence-electron chi connectivity index (χ2n) is 6.73. The lowest BCUT2D eigenvalue weighted by atomic mass is 10.1. The Balaban J connectivity index is 1.63. The van der Waals surface area contributed by atoms with Crippen LogP contribution >= 0.6 is 0 Å². The fourth-order valence-corrected chi connectivity index (χ4v) is 3.03. The van der Waals surface area contributed by atoms with Crippen LogP contribution in [0.5, 0.6) is 0 Å². The predicted octanol–water partition coefficient (Wildman–Crippen LogP) is 4.00. The molecule has 1 aliphatic heterocycles. The van der Waals surface area contributed by atoms with E-state index < -0.39 is 23.6 Å². The highest BCUT2D eigenvalue weighted by atomic mass is 19.4. The van der Waals surface area contributed by atoms with Crippen LogP contribution in [0.2, 0.25) is 0 Å². The van der Waals surface area contributed by atoms with Gasteiger partial charge < -0.3 is 10.2 Å². The summed E-state index contributed by atoms with van der Waals surface area (Å²) in [6.07, 6.45) is -4.43. The number of halogens is 3. The molecular formula is C20H19F3N2O2. The zero-order chi connectivity index (χ0) is 19.6. The van der Waals surface area contributed by atoms with Crippen LogP contribution in [0.25, 0.3) is 0 Å². The summed E-state index contributed by atoms with van der Waals surface area (Å²) in [7, 11) is 0. The second-order valence-corrected chi connectivity index (χ2v) is 6.73. The molecule has 1 N–H and O–H groups in total. The molecule has 0 unspecified atom stereocenters. The Morgan fingerprint density at radius 3 is 2.56 bits per heavy atom. The highest BCUT2D eigenvalue weighted by Gasteiger charge is 2.35. The monoisotopic (exact) mass is 376 g/mol. The molecule has 0 spiro atoms. The third-order valence-corrected chi connectivity index (χ3v) is 4.54. The SMILES string of the molecule is Cc1ccc(CN2C[C@@H](C(=O)Nc3cccc(C(F)(F)F)c3)CC2=O)cc1. The van der Waals surface area contributed by atoms with Crippen LogP contribution in [-0.4, -0.2) is 23.3 Å². The molecule has 0 aliphatic carbocycles. The van der Waals surface area contributed by atoms with E-state index in [1.54, 1.807) is 4.90 Å². The third-order valence-electron chi connectivity index (χ3n) is 4.54. The lowest BCUT2D eigenvalue weighted by Gasteiger charge is -2.17. The highest BCUT2D eigenvalue weighted by molar-refractivity contribution is 5.97. The predicted molar refractivity (Wildman–Crippen MR) is 94.8 cm³/mol. The lowest BCUT2D eigenvalue weighted by molar-refractivity contribution is -0.137. The third kappa shape index (κ3) is 4.67. The zero-order valence-electron chi connectivity index (χ0n) is 14.7. The van der Waals surface area contributed by atoms with E-state index in [-0.39, 0.29) is 24.6 Å². The smallest absolute Gasteiger partial charge is 0.338 e. The van der Waals surface area contributed by atoms with Crippen LogP contribution < -0.4 is 5.32 Å². The van der Waals surface area contributed by atoms with Gasteiger partial charge in [0, 0.05) is 25.2 Å². The van der Waals surface area contributed by atoms with E-state index in [2.05, 4.69) is 5.32 Å². The lowest BCUT2D eigenvalue weighted by Crippen LogP contribution is -2.28. The second kappa shape index (κ2) is 7.42. The average Bonchev–Trinajstić information content (AvgIpc) is 2.97. The molecule has 142 valence electrons. The van der Waals surface area contributed by atoms with Gasteiger partial charge in [0.2, 0.25) is 11.8 Å². The fraction of sp³-hybridized carbons (Fsp3) is 0.300. The molecule has 0 aromatic heterocycles. The summed E-state index contributed by atoms with van der Waals surface area (Å²) in [4.78, 5) is 26.2. The van der Waals surface area contributed by atoms with Gasteiger partial charge in [0.05, 0.1) is 11.5 Å². The number of aryl methyl sites for hydroxylation is 1. The summed E-state index contributed by atoms with van der Waals surface area (Å²) < 4.78 is 38.3. The summed E-state index contributed by atoms with van der Waals surface area (Å²) in [5, 5.41) is 2.49. The van der Waals surface area contributed by atoms with Crippen molar-refractivity contribution in [3.8, 4) is 0 Å². The molecule has 3 rings (SSSR count). The summed E-state index contributed by atoms with van der Waals surface area (Å²) in [5.74, 6) is -1.17. The van der Waals surface area contributed by atoms with E-state index in [1.165, 1.54) is 12.1 Å². The number of likely N-dealkylation sites (tertiary alicyclic amines) is 1. The van der Waals surface area contributed by atoms with Crippen molar-refractivity contribution < 1.29 is 22.8 Å². The number of hydrogen-bond acceptors (Lipinski definition) is 2. The van der Waals surface area contributed by atoms with Gasteiger partial charge in [0.15, 0.2) is 0 Å². The molecule has 1 fully saturated rings. The number of carbonyl (C=O) groups excluding carboxylic acids is 2. The Morgan fingerprint density at radius 1 is 1.19 bits per heavy atom. The normalized spacial score (nSPS) is 17.3. The van der Waals surface area contributed by atoms with Gasteiger partial charge in [-0.05, 0) is 30.7 Å². The maximum atomic E-state index is 12.8. The van der Waals surface area contributed by atoms with Gasteiger partial charge in [-0.3, -0.25) is 9.59 Å². The van der Waals surface area contributed by atoms with E-state index in [4.69, 9.17) is 0 Å². The van der Waals surface area contributed by atoms with Gasteiger partial charge in [-0.1, -0.05) is 35.9 Å². The number of anilines is 1. The molecule has 0 radical (unpaired) electrons. The minimum absolute atomic E-state index is 0.0522. The number of nitrogens with one attached hydrogen (secondary N) is 1. The van der Waals surface area contributed by atoms with Gasteiger partial charge >= 0.3 is 6.18 Å². The number of benzene rings is 2. The molecule has 2 aromatic carbocycles. The maximum Gasteiger partial charge on any atom is 0.416 e. The van der Waals surface area contributed by atoms with E-state index in [0.717, 1.165) is 23.3 Å². The van der Waals surface area contributed by atoms with Gasteiger partial charge in [0.25, 0.3) is 0 Å². The zero-order valence-corrected chi connectivity index (χ0v) is 14.7. The minimum Gasteiger partial charge on any atom is -0.338 e. The molecule has 0 bridgehead atoms. The number of carbonyl (C=O) groups is 2. The van der Waals surface area contributed by atoms with Crippen molar-refractivity contribution >= 4 is 17.5 Å². The molecule has 2 aromatic rings.